The first kappa shape index (κ1) is 14.0. The topological polar surface area (TPSA) is 61.4 Å². The molecule has 0 saturated carbocycles. The van der Waals surface area contributed by atoms with Crippen molar-refractivity contribution in [2.45, 2.75) is 32.1 Å². The number of hydrogen-bond acceptors (Lipinski definition) is 3. The summed E-state index contributed by atoms with van der Waals surface area (Å²) in [6.45, 7) is 3.57. The number of nitrogens with one attached hydrogen (secondary N) is 2. The molecular formula is C12H23N3O2S. The predicted molar refractivity (Wildman–Crippen MR) is 72.5 cm³/mol. The van der Waals surface area contributed by atoms with E-state index in [9.17, 15) is 8.42 Å². The molecule has 0 aromatic heterocycles. The molecule has 6 heteroatoms. The SMILES string of the molecule is O=S(=O)(NCC1=CCNCC1)N1CCCCCC1. The molecule has 0 unspecified atom stereocenters. The second kappa shape index (κ2) is 6.65. The van der Waals surface area contributed by atoms with Crippen molar-refractivity contribution in [1.29, 1.82) is 0 Å². The highest BCUT2D eigenvalue weighted by molar-refractivity contribution is 7.87. The zero-order valence-corrected chi connectivity index (χ0v) is 11.6. The van der Waals surface area contributed by atoms with E-state index in [1.54, 1.807) is 4.31 Å². The van der Waals surface area contributed by atoms with Crippen LogP contribution in [0.1, 0.15) is 32.1 Å². The van der Waals surface area contributed by atoms with Crippen molar-refractivity contribution >= 4 is 10.2 Å². The van der Waals surface area contributed by atoms with Crippen LogP contribution in [0.2, 0.25) is 0 Å². The Bertz CT molecular complexity index is 384. The van der Waals surface area contributed by atoms with Gasteiger partial charge in [-0.2, -0.15) is 17.4 Å². The first-order valence-electron chi connectivity index (χ1n) is 6.82. The molecular weight excluding hydrogens is 250 g/mol. The van der Waals surface area contributed by atoms with Gasteiger partial charge in [0.15, 0.2) is 0 Å². The standard InChI is InChI=1S/C12H23N3O2S/c16-18(17,15-9-3-1-2-4-10-15)14-11-12-5-7-13-8-6-12/h5,13-14H,1-4,6-11H2. The molecule has 2 heterocycles. The van der Waals surface area contributed by atoms with E-state index < -0.39 is 10.2 Å². The summed E-state index contributed by atoms with van der Waals surface area (Å²) in [4.78, 5) is 0. The van der Waals surface area contributed by atoms with Gasteiger partial charge in [0.05, 0.1) is 0 Å². The molecule has 2 rings (SSSR count). The molecule has 0 radical (unpaired) electrons. The number of nitrogens with zero attached hydrogens (tertiary/aromatic N) is 1. The van der Waals surface area contributed by atoms with Crippen molar-refractivity contribution in [2.24, 2.45) is 0 Å². The quantitative estimate of drug-likeness (QED) is 0.738. The Morgan fingerprint density at radius 3 is 2.56 bits per heavy atom. The third-order valence-corrected chi connectivity index (χ3v) is 5.10. The lowest BCUT2D eigenvalue weighted by molar-refractivity contribution is 0.416. The van der Waals surface area contributed by atoms with Gasteiger partial charge in [-0.25, -0.2) is 0 Å². The van der Waals surface area contributed by atoms with Gasteiger partial charge in [0.1, 0.15) is 0 Å². The van der Waals surface area contributed by atoms with E-state index >= 15 is 0 Å². The Hall–Kier alpha value is -0.430. The van der Waals surface area contributed by atoms with Gasteiger partial charge < -0.3 is 5.32 Å². The molecule has 1 fully saturated rings. The third kappa shape index (κ3) is 4.05. The van der Waals surface area contributed by atoms with Gasteiger partial charge in [-0.15, -0.1) is 0 Å². The molecule has 2 aliphatic rings. The predicted octanol–water partition coefficient (Wildman–Crippen LogP) is 0.616. The molecule has 2 N–H and O–H groups in total. The van der Waals surface area contributed by atoms with Crippen molar-refractivity contribution in [3.63, 3.8) is 0 Å². The van der Waals surface area contributed by atoms with E-state index in [-0.39, 0.29) is 0 Å². The van der Waals surface area contributed by atoms with E-state index in [0.29, 0.717) is 19.6 Å². The van der Waals surface area contributed by atoms with Crippen LogP contribution in [0.5, 0.6) is 0 Å². The van der Waals surface area contributed by atoms with Gasteiger partial charge in [0, 0.05) is 26.2 Å². The lowest BCUT2D eigenvalue weighted by Crippen LogP contribution is -2.42. The van der Waals surface area contributed by atoms with E-state index in [2.05, 4.69) is 16.1 Å². The van der Waals surface area contributed by atoms with Crippen molar-refractivity contribution in [1.82, 2.24) is 14.3 Å². The zero-order valence-electron chi connectivity index (χ0n) is 10.8. The first-order chi connectivity index (χ1) is 8.68. The average Bonchev–Trinajstić information content (AvgIpc) is 2.67. The maximum absolute atomic E-state index is 12.2. The smallest absolute Gasteiger partial charge is 0.279 e. The van der Waals surface area contributed by atoms with Gasteiger partial charge in [-0.1, -0.05) is 24.5 Å². The Balaban J connectivity index is 1.87. The minimum absolute atomic E-state index is 0.459. The van der Waals surface area contributed by atoms with E-state index in [0.717, 1.165) is 45.2 Å². The van der Waals surface area contributed by atoms with Crippen LogP contribution in [0.4, 0.5) is 0 Å². The average molecular weight is 273 g/mol. The normalized spacial score (nSPS) is 23.4. The molecule has 0 amide bonds. The molecule has 1 saturated heterocycles. The van der Waals surface area contributed by atoms with Crippen molar-refractivity contribution in [3.8, 4) is 0 Å². The number of rotatable bonds is 4. The van der Waals surface area contributed by atoms with Crippen molar-refractivity contribution < 1.29 is 8.42 Å². The largest absolute Gasteiger partial charge is 0.313 e. The van der Waals surface area contributed by atoms with Gasteiger partial charge in [-0.3, -0.25) is 0 Å². The minimum atomic E-state index is -3.28. The Morgan fingerprint density at radius 1 is 1.22 bits per heavy atom. The van der Waals surface area contributed by atoms with Crippen LogP contribution in [0.25, 0.3) is 0 Å². The summed E-state index contributed by atoms with van der Waals surface area (Å²) in [5, 5.41) is 3.22. The maximum Gasteiger partial charge on any atom is 0.279 e. The summed E-state index contributed by atoms with van der Waals surface area (Å²) in [5.41, 5.74) is 1.19. The second-order valence-corrected chi connectivity index (χ2v) is 6.71. The van der Waals surface area contributed by atoms with Crippen molar-refractivity contribution in [3.05, 3.63) is 11.6 Å². The number of hydrogen-bond donors (Lipinski definition) is 2. The fourth-order valence-corrected chi connectivity index (χ4v) is 3.68. The Labute approximate surface area is 110 Å². The Morgan fingerprint density at radius 2 is 1.94 bits per heavy atom. The van der Waals surface area contributed by atoms with Crippen molar-refractivity contribution in [2.75, 3.05) is 32.7 Å². The fraction of sp³-hybridized carbons (Fsp3) is 0.833. The Kier molecular flexibility index (Phi) is 5.17. The van der Waals surface area contributed by atoms with E-state index in [1.165, 1.54) is 5.57 Å². The van der Waals surface area contributed by atoms with Gasteiger partial charge in [0.2, 0.25) is 0 Å². The summed E-state index contributed by atoms with van der Waals surface area (Å²) >= 11 is 0. The molecule has 0 bridgehead atoms. The van der Waals surface area contributed by atoms with Crippen LogP contribution >= 0.6 is 0 Å². The molecule has 0 spiro atoms. The highest BCUT2D eigenvalue weighted by Crippen LogP contribution is 2.13. The van der Waals surface area contributed by atoms with Crippen LogP contribution in [0.3, 0.4) is 0 Å². The van der Waals surface area contributed by atoms with E-state index in [4.69, 9.17) is 0 Å². The van der Waals surface area contributed by atoms with Crippen LogP contribution in [-0.4, -0.2) is 45.4 Å². The molecule has 0 aliphatic carbocycles. The monoisotopic (exact) mass is 273 g/mol. The summed E-state index contributed by atoms with van der Waals surface area (Å²) in [6.07, 6.45) is 7.25. The fourth-order valence-electron chi connectivity index (χ4n) is 2.39. The summed E-state index contributed by atoms with van der Waals surface area (Å²) in [7, 11) is -3.28. The molecule has 5 nitrogen and oxygen atoms in total. The third-order valence-electron chi connectivity index (χ3n) is 3.54. The molecule has 104 valence electrons. The first-order valence-corrected chi connectivity index (χ1v) is 8.26. The summed E-state index contributed by atoms with van der Waals surface area (Å²) in [5.74, 6) is 0. The molecule has 0 atom stereocenters. The van der Waals surface area contributed by atoms with Gasteiger partial charge >= 0.3 is 0 Å². The highest BCUT2D eigenvalue weighted by atomic mass is 32.2. The minimum Gasteiger partial charge on any atom is -0.313 e. The van der Waals surface area contributed by atoms with Gasteiger partial charge in [-0.05, 0) is 25.8 Å². The summed E-state index contributed by atoms with van der Waals surface area (Å²) in [6, 6.07) is 0. The molecule has 0 aromatic rings. The van der Waals surface area contributed by atoms with Crippen LogP contribution in [0, 0.1) is 0 Å². The van der Waals surface area contributed by atoms with E-state index in [1.807, 2.05) is 0 Å². The van der Waals surface area contributed by atoms with Crippen LogP contribution in [0.15, 0.2) is 11.6 Å². The van der Waals surface area contributed by atoms with Crippen LogP contribution in [-0.2, 0) is 10.2 Å². The zero-order chi connectivity index (χ0) is 12.8. The summed E-state index contributed by atoms with van der Waals surface area (Å²) < 4.78 is 28.6. The molecule has 2 aliphatic heterocycles. The molecule has 18 heavy (non-hydrogen) atoms. The lowest BCUT2D eigenvalue weighted by Gasteiger charge is -2.21. The lowest BCUT2D eigenvalue weighted by atomic mass is 10.1. The van der Waals surface area contributed by atoms with Crippen LogP contribution < -0.4 is 10.0 Å². The highest BCUT2D eigenvalue weighted by Gasteiger charge is 2.22. The second-order valence-electron chi connectivity index (χ2n) is 4.96. The molecule has 0 aromatic carbocycles. The maximum atomic E-state index is 12.2. The van der Waals surface area contributed by atoms with Gasteiger partial charge in [0.25, 0.3) is 10.2 Å².